The standard InChI is InChI=1S/C13H14N4O4/c14-16-11-5-1-4-10(12(11)17(19)20)13(18)15-7-6-9-3-2-8-21-9/h1-5,8,16H,6-7,14H2,(H,15,18). The normalized spacial score (nSPS) is 10.1. The van der Waals surface area contributed by atoms with Gasteiger partial charge in [0.05, 0.1) is 11.2 Å². The van der Waals surface area contributed by atoms with Gasteiger partial charge in [-0.05, 0) is 24.3 Å². The van der Waals surface area contributed by atoms with Gasteiger partial charge in [0.15, 0.2) is 0 Å². The van der Waals surface area contributed by atoms with E-state index in [1.165, 1.54) is 18.2 Å². The maximum absolute atomic E-state index is 12.1. The van der Waals surface area contributed by atoms with Gasteiger partial charge < -0.3 is 15.2 Å². The minimum absolute atomic E-state index is 0.0464. The number of nitrogens with two attached hydrogens (primary N) is 1. The van der Waals surface area contributed by atoms with Crippen molar-refractivity contribution in [3.8, 4) is 0 Å². The predicted molar refractivity (Wildman–Crippen MR) is 75.7 cm³/mol. The second kappa shape index (κ2) is 6.53. The molecule has 0 fully saturated rings. The van der Waals surface area contributed by atoms with Gasteiger partial charge in [0, 0.05) is 13.0 Å². The van der Waals surface area contributed by atoms with Crippen LogP contribution in [-0.2, 0) is 6.42 Å². The van der Waals surface area contributed by atoms with Gasteiger partial charge in [-0.2, -0.15) is 0 Å². The maximum Gasteiger partial charge on any atom is 0.306 e. The molecule has 0 saturated heterocycles. The van der Waals surface area contributed by atoms with E-state index in [1.54, 1.807) is 18.4 Å². The molecule has 2 aromatic rings. The van der Waals surface area contributed by atoms with Gasteiger partial charge in [-0.15, -0.1) is 0 Å². The first-order valence-electron chi connectivity index (χ1n) is 6.18. The van der Waals surface area contributed by atoms with Crippen molar-refractivity contribution >= 4 is 17.3 Å². The number of benzene rings is 1. The first-order valence-corrected chi connectivity index (χ1v) is 6.18. The van der Waals surface area contributed by atoms with Crippen LogP contribution >= 0.6 is 0 Å². The highest BCUT2D eigenvalue weighted by Crippen LogP contribution is 2.27. The van der Waals surface area contributed by atoms with Crippen LogP contribution in [0, 0.1) is 10.1 Å². The number of nitro groups is 1. The number of amides is 1. The van der Waals surface area contributed by atoms with E-state index in [9.17, 15) is 14.9 Å². The van der Waals surface area contributed by atoms with Crippen molar-refractivity contribution in [2.45, 2.75) is 6.42 Å². The summed E-state index contributed by atoms with van der Waals surface area (Å²) >= 11 is 0. The molecule has 21 heavy (non-hydrogen) atoms. The summed E-state index contributed by atoms with van der Waals surface area (Å²) in [6.07, 6.45) is 2.04. The number of para-hydroxylation sites is 1. The molecule has 110 valence electrons. The van der Waals surface area contributed by atoms with Crippen LogP contribution in [0.15, 0.2) is 41.0 Å². The topological polar surface area (TPSA) is 123 Å². The van der Waals surface area contributed by atoms with Gasteiger partial charge in [-0.3, -0.25) is 20.8 Å². The lowest BCUT2D eigenvalue weighted by Crippen LogP contribution is -2.26. The minimum atomic E-state index is -0.642. The van der Waals surface area contributed by atoms with E-state index in [4.69, 9.17) is 10.3 Å². The summed E-state index contributed by atoms with van der Waals surface area (Å²) in [5.74, 6) is 5.41. The predicted octanol–water partition coefficient (Wildman–Crippen LogP) is 1.45. The van der Waals surface area contributed by atoms with Gasteiger partial charge in [0.2, 0.25) is 0 Å². The molecule has 0 atom stereocenters. The smallest absolute Gasteiger partial charge is 0.306 e. The number of nitrogens with one attached hydrogen (secondary N) is 2. The second-order valence-corrected chi connectivity index (χ2v) is 4.19. The third-order valence-corrected chi connectivity index (χ3v) is 2.86. The number of hydrogen-bond acceptors (Lipinski definition) is 6. The molecular weight excluding hydrogens is 276 g/mol. The van der Waals surface area contributed by atoms with Gasteiger partial charge >= 0.3 is 5.69 Å². The van der Waals surface area contributed by atoms with E-state index in [0.717, 1.165) is 5.76 Å². The molecule has 4 N–H and O–H groups in total. The zero-order valence-corrected chi connectivity index (χ0v) is 11.0. The molecule has 0 aliphatic rings. The SMILES string of the molecule is NNc1cccc(C(=O)NCCc2ccco2)c1[N+](=O)[O-]. The van der Waals surface area contributed by atoms with E-state index >= 15 is 0 Å². The number of carbonyl (C=O) groups excluding carboxylic acids is 1. The Kier molecular flexibility index (Phi) is 4.52. The number of anilines is 1. The largest absolute Gasteiger partial charge is 0.469 e. The van der Waals surface area contributed by atoms with Gasteiger partial charge in [-0.1, -0.05) is 6.07 Å². The highest BCUT2D eigenvalue weighted by Gasteiger charge is 2.23. The zero-order valence-electron chi connectivity index (χ0n) is 11.0. The molecule has 0 saturated carbocycles. The molecule has 8 heteroatoms. The van der Waals surface area contributed by atoms with Crippen LogP contribution in [0.3, 0.4) is 0 Å². The van der Waals surface area contributed by atoms with Crippen LogP contribution in [0.5, 0.6) is 0 Å². The number of rotatable bonds is 6. The Morgan fingerprint density at radius 3 is 2.76 bits per heavy atom. The first kappa shape index (κ1) is 14.5. The summed E-state index contributed by atoms with van der Waals surface area (Å²) in [6.45, 7) is 0.309. The Bertz CT molecular complexity index is 640. The number of carbonyl (C=O) groups is 1. The summed E-state index contributed by atoms with van der Waals surface area (Å²) in [5, 5.41) is 13.7. The number of nitro benzene ring substituents is 1. The lowest BCUT2D eigenvalue weighted by atomic mass is 10.1. The van der Waals surface area contributed by atoms with Crippen LogP contribution in [-0.4, -0.2) is 17.4 Å². The quantitative estimate of drug-likeness (QED) is 0.420. The summed E-state index contributed by atoms with van der Waals surface area (Å²) in [4.78, 5) is 22.5. The van der Waals surface area contributed by atoms with E-state index in [2.05, 4.69) is 10.7 Å². The van der Waals surface area contributed by atoms with E-state index in [1.807, 2.05) is 0 Å². The summed E-state index contributed by atoms with van der Waals surface area (Å²) in [5.41, 5.74) is 1.90. The number of hydrazine groups is 1. The number of hydrogen-bond donors (Lipinski definition) is 3. The molecule has 1 amide bonds. The zero-order chi connectivity index (χ0) is 15.2. The van der Waals surface area contributed by atoms with Gasteiger partial charge in [0.1, 0.15) is 17.0 Å². The average Bonchev–Trinajstić information content (AvgIpc) is 2.99. The fraction of sp³-hybridized carbons (Fsp3) is 0.154. The third-order valence-electron chi connectivity index (χ3n) is 2.86. The van der Waals surface area contributed by atoms with E-state index < -0.39 is 10.8 Å². The Labute approximate surface area is 120 Å². The minimum Gasteiger partial charge on any atom is -0.469 e. The Hall–Kier alpha value is -2.87. The van der Waals surface area contributed by atoms with Gasteiger partial charge in [0.25, 0.3) is 5.91 Å². The molecule has 1 aromatic heterocycles. The number of nitrogens with zero attached hydrogens (tertiary/aromatic N) is 1. The Morgan fingerprint density at radius 1 is 1.33 bits per heavy atom. The second-order valence-electron chi connectivity index (χ2n) is 4.19. The summed E-state index contributed by atoms with van der Waals surface area (Å²) in [7, 11) is 0. The molecular formula is C13H14N4O4. The lowest BCUT2D eigenvalue weighted by Gasteiger charge is -2.08. The van der Waals surface area contributed by atoms with Crippen molar-refractivity contribution in [2.24, 2.45) is 5.84 Å². The Balaban J connectivity index is 2.10. The summed E-state index contributed by atoms with van der Waals surface area (Å²) < 4.78 is 5.13. The van der Waals surface area contributed by atoms with Gasteiger partial charge in [-0.25, -0.2) is 0 Å². The average molecular weight is 290 g/mol. The van der Waals surface area contributed by atoms with Crippen LogP contribution in [0.4, 0.5) is 11.4 Å². The molecule has 2 rings (SSSR count). The number of nitrogen functional groups attached to an aromatic ring is 1. The number of furan rings is 1. The van der Waals surface area contributed by atoms with Crippen molar-refractivity contribution in [2.75, 3.05) is 12.0 Å². The van der Waals surface area contributed by atoms with Crippen LogP contribution < -0.4 is 16.6 Å². The van der Waals surface area contributed by atoms with Crippen molar-refractivity contribution in [3.63, 3.8) is 0 Å². The van der Waals surface area contributed by atoms with E-state index in [0.29, 0.717) is 13.0 Å². The fourth-order valence-electron chi connectivity index (χ4n) is 1.89. The van der Waals surface area contributed by atoms with Crippen LogP contribution in [0.2, 0.25) is 0 Å². The van der Waals surface area contributed by atoms with Crippen molar-refractivity contribution in [1.29, 1.82) is 0 Å². The molecule has 8 nitrogen and oxygen atoms in total. The van der Waals surface area contributed by atoms with Crippen molar-refractivity contribution < 1.29 is 14.1 Å². The summed E-state index contributed by atoms with van der Waals surface area (Å²) in [6, 6.07) is 7.86. The molecule has 1 aromatic carbocycles. The molecule has 0 spiro atoms. The Morgan fingerprint density at radius 2 is 2.14 bits per heavy atom. The van der Waals surface area contributed by atoms with Crippen LogP contribution in [0.25, 0.3) is 0 Å². The highest BCUT2D eigenvalue weighted by atomic mass is 16.6. The molecule has 0 aliphatic heterocycles. The molecule has 0 unspecified atom stereocenters. The van der Waals surface area contributed by atoms with Crippen LogP contribution in [0.1, 0.15) is 16.1 Å². The van der Waals surface area contributed by atoms with Crippen molar-refractivity contribution in [1.82, 2.24) is 5.32 Å². The van der Waals surface area contributed by atoms with Crippen molar-refractivity contribution in [3.05, 3.63) is 58.0 Å². The maximum atomic E-state index is 12.1. The molecule has 1 heterocycles. The molecule has 0 radical (unpaired) electrons. The fourth-order valence-corrected chi connectivity index (χ4v) is 1.89. The van der Waals surface area contributed by atoms with E-state index in [-0.39, 0.29) is 16.9 Å². The lowest BCUT2D eigenvalue weighted by molar-refractivity contribution is -0.384. The third kappa shape index (κ3) is 3.37. The highest BCUT2D eigenvalue weighted by molar-refractivity contribution is 6.00. The first-order chi connectivity index (χ1) is 10.1. The molecule has 0 aliphatic carbocycles. The molecule has 0 bridgehead atoms. The monoisotopic (exact) mass is 290 g/mol.